The Labute approximate surface area is 178 Å². The third-order valence-electron chi connectivity index (χ3n) is 8.15. The molecule has 1 aliphatic carbocycles. The molecule has 0 aromatic heterocycles. The largest absolute Gasteiger partial charge is 0.378 e. The van der Waals surface area contributed by atoms with Gasteiger partial charge in [0, 0.05) is 50.8 Å². The van der Waals surface area contributed by atoms with E-state index in [0.717, 1.165) is 38.1 Å². The molecule has 3 heterocycles. The summed E-state index contributed by atoms with van der Waals surface area (Å²) in [5, 5.41) is 6.64. The third-order valence-corrected chi connectivity index (χ3v) is 8.15. The summed E-state index contributed by atoms with van der Waals surface area (Å²) in [5.41, 5.74) is 9.49. The maximum atomic E-state index is 6.24. The average molecular weight is 408 g/mol. The van der Waals surface area contributed by atoms with Crippen molar-refractivity contribution >= 4 is 0 Å². The van der Waals surface area contributed by atoms with Crippen LogP contribution in [0.15, 0.2) is 0 Å². The standard InChI is InChI=1S/C23H45N5O/c1-16(2)28-23-20(14-25-28)19(22-8-5-11-29-22)13-21(26-23)18-7-4-6-17(12-18)15-27(3)10-9-24/h16-23,25-26H,4-15,24H2,1-3H3. The van der Waals surface area contributed by atoms with Crippen molar-refractivity contribution in [2.45, 2.75) is 83.1 Å². The fourth-order valence-corrected chi connectivity index (χ4v) is 6.79. The minimum Gasteiger partial charge on any atom is -0.378 e. The predicted octanol–water partition coefficient (Wildman–Crippen LogP) is 2.01. The van der Waals surface area contributed by atoms with Gasteiger partial charge in [0.1, 0.15) is 0 Å². The molecule has 7 unspecified atom stereocenters. The van der Waals surface area contributed by atoms with E-state index in [2.05, 4.69) is 41.5 Å². The van der Waals surface area contributed by atoms with E-state index in [0.29, 0.717) is 36.2 Å². The Hall–Kier alpha value is -0.240. The molecule has 7 atom stereocenters. The van der Waals surface area contributed by atoms with E-state index in [-0.39, 0.29) is 0 Å². The van der Waals surface area contributed by atoms with Crippen LogP contribution < -0.4 is 16.5 Å². The Kier molecular flexibility index (Phi) is 7.52. The van der Waals surface area contributed by atoms with E-state index < -0.39 is 0 Å². The Morgan fingerprint density at radius 1 is 1.14 bits per heavy atom. The number of fused-ring (bicyclic) bond motifs is 1. The van der Waals surface area contributed by atoms with Gasteiger partial charge in [-0.3, -0.25) is 10.7 Å². The molecular formula is C23H45N5O. The van der Waals surface area contributed by atoms with Crippen LogP contribution in [0.1, 0.15) is 58.8 Å². The number of likely N-dealkylation sites (N-methyl/N-ethyl adjacent to an activating group) is 1. The summed E-state index contributed by atoms with van der Waals surface area (Å²) in [6.45, 7) is 9.68. The van der Waals surface area contributed by atoms with Crippen LogP contribution in [0.2, 0.25) is 0 Å². The van der Waals surface area contributed by atoms with Crippen LogP contribution in [-0.4, -0.2) is 74.1 Å². The summed E-state index contributed by atoms with van der Waals surface area (Å²) in [5.74, 6) is 3.01. The molecule has 4 fully saturated rings. The molecule has 6 heteroatoms. The molecule has 4 rings (SSSR count). The molecule has 1 saturated carbocycles. The van der Waals surface area contributed by atoms with Gasteiger partial charge >= 0.3 is 0 Å². The molecule has 0 amide bonds. The summed E-state index contributed by atoms with van der Waals surface area (Å²) in [4.78, 5) is 2.44. The first-order chi connectivity index (χ1) is 14.1. The molecule has 3 saturated heterocycles. The molecule has 4 aliphatic rings. The highest BCUT2D eigenvalue weighted by Gasteiger charge is 2.49. The highest BCUT2D eigenvalue weighted by Crippen LogP contribution is 2.42. The molecule has 168 valence electrons. The molecule has 29 heavy (non-hydrogen) atoms. The first kappa shape index (κ1) is 22.0. The van der Waals surface area contributed by atoms with Crippen molar-refractivity contribution in [2.24, 2.45) is 29.4 Å². The van der Waals surface area contributed by atoms with Gasteiger partial charge in [-0.05, 0) is 77.2 Å². The van der Waals surface area contributed by atoms with E-state index in [1.807, 2.05) is 0 Å². The van der Waals surface area contributed by atoms with Crippen molar-refractivity contribution in [1.29, 1.82) is 0 Å². The highest BCUT2D eigenvalue weighted by molar-refractivity contribution is 5.01. The van der Waals surface area contributed by atoms with Gasteiger partial charge in [-0.15, -0.1) is 0 Å². The van der Waals surface area contributed by atoms with E-state index >= 15 is 0 Å². The van der Waals surface area contributed by atoms with E-state index in [1.54, 1.807) is 0 Å². The maximum Gasteiger partial charge on any atom is 0.0782 e. The van der Waals surface area contributed by atoms with Crippen LogP contribution in [-0.2, 0) is 4.74 Å². The third kappa shape index (κ3) is 4.99. The lowest BCUT2D eigenvalue weighted by Crippen LogP contribution is -2.61. The van der Waals surface area contributed by atoms with Crippen LogP contribution in [0.25, 0.3) is 0 Å². The number of hydrazine groups is 1. The Morgan fingerprint density at radius 2 is 2.00 bits per heavy atom. The zero-order valence-corrected chi connectivity index (χ0v) is 19.0. The number of ether oxygens (including phenoxy) is 1. The number of hydrogen-bond acceptors (Lipinski definition) is 6. The van der Waals surface area contributed by atoms with Gasteiger partial charge in [0.2, 0.25) is 0 Å². The Bertz CT molecular complexity index is 511. The van der Waals surface area contributed by atoms with Crippen molar-refractivity contribution in [3.63, 3.8) is 0 Å². The molecule has 6 nitrogen and oxygen atoms in total. The highest BCUT2D eigenvalue weighted by atomic mass is 16.5. The smallest absolute Gasteiger partial charge is 0.0782 e. The fraction of sp³-hybridized carbons (Fsp3) is 1.00. The number of hydrogen-bond donors (Lipinski definition) is 3. The van der Waals surface area contributed by atoms with E-state index in [9.17, 15) is 0 Å². The minimum atomic E-state index is 0.461. The van der Waals surface area contributed by atoms with Crippen molar-refractivity contribution in [3.8, 4) is 0 Å². The monoisotopic (exact) mass is 407 g/mol. The van der Waals surface area contributed by atoms with Gasteiger partial charge in [-0.2, -0.15) is 0 Å². The fourth-order valence-electron chi connectivity index (χ4n) is 6.79. The summed E-state index contributed by atoms with van der Waals surface area (Å²) in [6, 6.07) is 1.15. The van der Waals surface area contributed by atoms with Crippen LogP contribution in [0.3, 0.4) is 0 Å². The van der Waals surface area contributed by atoms with Gasteiger partial charge in [0.25, 0.3) is 0 Å². The van der Waals surface area contributed by atoms with Crippen LogP contribution in [0.4, 0.5) is 0 Å². The van der Waals surface area contributed by atoms with Crippen molar-refractivity contribution in [1.82, 2.24) is 20.7 Å². The first-order valence-corrected chi connectivity index (χ1v) is 12.3. The molecule has 0 aromatic carbocycles. The van der Waals surface area contributed by atoms with Gasteiger partial charge < -0.3 is 15.4 Å². The minimum absolute atomic E-state index is 0.461. The second-order valence-corrected chi connectivity index (χ2v) is 10.5. The molecule has 0 aromatic rings. The summed E-state index contributed by atoms with van der Waals surface area (Å²) >= 11 is 0. The zero-order chi connectivity index (χ0) is 20.4. The number of nitrogens with two attached hydrogens (primary N) is 1. The normalized spacial score (nSPS) is 41.4. The molecule has 0 bridgehead atoms. The average Bonchev–Trinajstić information content (AvgIpc) is 3.37. The second-order valence-electron chi connectivity index (χ2n) is 10.5. The molecule has 0 spiro atoms. The lowest BCUT2D eigenvalue weighted by molar-refractivity contribution is -0.0280. The number of nitrogens with one attached hydrogen (secondary N) is 2. The molecular weight excluding hydrogens is 362 g/mol. The van der Waals surface area contributed by atoms with Crippen LogP contribution in [0.5, 0.6) is 0 Å². The molecule has 4 N–H and O–H groups in total. The van der Waals surface area contributed by atoms with Crippen LogP contribution >= 0.6 is 0 Å². The predicted molar refractivity (Wildman–Crippen MR) is 118 cm³/mol. The van der Waals surface area contributed by atoms with Gasteiger partial charge in [0.05, 0.1) is 12.3 Å². The zero-order valence-electron chi connectivity index (χ0n) is 19.0. The molecule has 0 radical (unpaired) electrons. The second kappa shape index (κ2) is 9.92. The van der Waals surface area contributed by atoms with Crippen molar-refractivity contribution in [2.75, 3.05) is 39.8 Å². The van der Waals surface area contributed by atoms with Gasteiger partial charge in [-0.1, -0.05) is 6.42 Å². The lowest BCUT2D eigenvalue weighted by Gasteiger charge is -2.48. The van der Waals surface area contributed by atoms with Gasteiger partial charge in [0.15, 0.2) is 0 Å². The SMILES string of the molecule is CC(C)N1NCC2C(C3CCCO3)CC(C3CCCC(CN(C)CCN)C3)NC21. The van der Waals surface area contributed by atoms with Crippen LogP contribution in [0, 0.1) is 23.7 Å². The molecule has 3 aliphatic heterocycles. The Balaban J connectivity index is 1.44. The van der Waals surface area contributed by atoms with E-state index in [4.69, 9.17) is 10.5 Å². The van der Waals surface area contributed by atoms with Gasteiger partial charge in [-0.25, -0.2) is 5.01 Å². The Morgan fingerprint density at radius 3 is 2.72 bits per heavy atom. The maximum absolute atomic E-state index is 6.24. The number of rotatable bonds is 7. The van der Waals surface area contributed by atoms with E-state index in [1.165, 1.54) is 51.5 Å². The lowest BCUT2D eigenvalue weighted by atomic mass is 9.70. The summed E-state index contributed by atoms with van der Waals surface area (Å²) in [7, 11) is 2.23. The van der Waals surface area contributed by atoms with Crippen molar-refractivity contribution < 1.29 is 4.74 Å². The first-order valence-electron chi connectivity index (χ1n) is 12.3. The number of piperidine rings is 1. The number of nitrogens with zero attached hydrogens (tertiary/aromatic N) is 2. The van der Waals surface area contributed by atoms with Crippen molar-refractivity contribution in [3.05, 3.63) is 0 Å². The quantitative estimate of drug-likeness (QED) is 0.600. The summed E-state index contributed by atoms with van der Waals surface area (Å²) in [6.07, 6.45) is 10.3. The topological polar surface area (TPSA) is 65.8 Å². The summed E-state index contributed by atoms with van der Waals surface area (Å²) < 4.78 is 6.24.